The Hall–Kier alpha value is -2.64. The maximum absolute atomic E-state index is 13.1. The molecule has 0 saturated carbocycles. The molecule has 2 aromatic rings. The molecule has 2 fully saturated rings. The van der Waals surface area contributed by atoms with Crippen LogP contribution in [0.4, 0.5) is 0 Å². The SMILES string of the molecule is C=CCOC(=O)[C@@H]1N2C(=O)/C(=C\c3ccc4ccccc4n3)[C@H]2[S+]([O-])C1(C)C. The predicted octanol–water partition coefficient (Wildman–Crippen LogP) is 2.43. The van der Waals surface area contributed by atoms with E-state index >= 15 is 0 Å². The zero-order chi connectivity index (χ0) is 20.1. The van der Waals surface area contributed by atoms with E-state index in [0.29, 0.717) is 11.3 Å². The molecule has 28 heavy (non-hydrogen) atoms. The number of para-hydroxylation sites is 1. The number of benzene rings is 1. The molecule has 0 spiro atoms. The average molecular weight is 396 g/mol. The van der Waals surface area contributed by atoms with E-state index in [1.54, 1.807) is 19.9 Å². The molecule has 4 rings (SSSR count). The molecule has 3 atom stereocenters. The molecule has 2 saturated heterocycles. The van der Waals surface area contributed by atoms with Crippen molar-refractivity contribution in [2.24, 2.45) is 0 Å². The number of pyridine rings is 1. The topological polar surface area (TPSA) is 82.6 Å². The van der Waals surface area contributed by atoms with E-state index in [4.69, 9.17) is 4.74 Å². The van der Waals surface area contributed by atoms with Crippen LogP contribution in [0.2, 0.25) is 0 Å². The number of rotatable bonds is 4. The van der Waals surface area contributed by atoms with Gasteiger partial charge < -0.3 is 9.29 Å². The number of ether oxygens (including phenoxy) is 1. The molecular weight excluding hydrogens is 376 g/mol. The van der Waals surface area contributed by atoms with Gasteiger partial charge in [0.15, 0.2) is 10.8 Å². The lowest BCUT2D eigenvalue weighted by atomic mass is 9.95. The lowest BCUT2D eigenvalue weighted by molar-refractivity contribution is -0.156. The van der Waals surface area contributed by atoms with Gasteiger partial charge in [-0.2, -0.15) is 0 Å². The lowest BCUT2D eigenvalue weighted by Gasteiger charge is -2.36. The number of fused-ring (bicyclic) bond motifs is 2. The molecule has 1 aromatic carbocycles. The summed E-state index contributed by atoms with van der Waals surface area (Å²) in [5.41, 5.74) is 1.85. The maximum Gasteiger partial charge on any atom is 0.334 e. The molecule has 0 bridgehead atoms. The number of carbonyl (C=O) groups is 2. The molecule has 1 aromatic heterocycles. The molecule has 6 nitrogen and oxygen atoms in total. The highest BCUT2D eigenvalue weighted by atomic mass is 32.2. The fraction of sp³-hybridized carbons (Fsp3) is 0.286. The van der Waals surface area contributed by atoms with Gasteiger partial charge in [-0.1, -0.05) is 36.9 Å². The first kappa shape index (κ1) is 18.7. The highest BCUT2D eigenvalue weighted by molar-refractivity contribution is 7.94. The second-order valence-electron chi connectivity index (χ2n) is 7.32. The van der Waals surface area contributed by atoms with Crippen molar-refractivity contribution in [3.63, 3.8) is 0 Å². The third kappa shape index (κ3) is 2.73. The van der Waals surface area contributed by atoms with Crippen LogP contribution in [0.5, 0.6) is 0 Å². The quantitative estimate of drug-likeness (QED) is 0.261. The molecular formula is C21H20N2O4S. The number of esters is 1. The van der Waals surface area contributed by atoms with Crippen LogP contribution in [0.25, 0.3) is 17.0 Å². The summed E-state index contributed by atoms with van der Waals surface area (Å²) in [6.45, 7) is 7.02. The molecule has 0 radical (unpaired) electrons. The Morgan fingerprint density at radius 1 is 1.36 bits per heavy atom. The summed E-state index contributed by atoms with van der Waals surface area (Å²) in [5.74, 6) is -0.864. The number of nitrogens with zero attached hydrogens (tertiary/aromatic N) is 2. The van der Waals surface area contributed by atoms with Crippen LogP contribution in [-0.4, -0.2) is 49.1 Å². The van der Waals surface area contributed by atoms with Crippen LogP contribution in [0, 0.1) is 0 Å². The van der Waals surface area contributed by atoms with Crippen molar-refractivity contribution in [2.75, 3.05) is 6.61 Å². The first-order chi connectivity index (χ1) is 13.4. The normalized spacial score (nSPS) is 26.8. The standard InChI is InChI=1S/C21H20N2O4S/c1-4-11-27-20(25)17-21(2,3)28(26)19-15(18(24)23(17)19)12-14-10-9-13-7-5-6-8-16(13)22-14/h4-10,12,17,19H,1,11H2,2-3H3/b15-12+/t17-,19+,28?/m0/s1. The van der Waals surface area contributed by atoms with Crippen molar-refractivity contribution >= 4 is 40.0 Å². The van der Waals surface area contributed by atoms with Gasteiger partial charge in [0.1, 0.15) is 6.61 Å². The lowest BCUT2D eigenvalue weighted by Crippen LogP contribution is -2.59. The largest absolute Gasteiger partial charge is 0.614 e. The van der Waals surface area contributed by atoms with Gasteiger partial charge in [-0.3, -0.25) is 9.69 Å². The van der Waals surface area contributed by atoms with Crippen LogP contribution < -0.4 is 0 Å². The van der Waals surface area contributed by atoms with E-state index in [-0.39, 0.29) is 12.5 Å². The number of hydrogen-bond donors (Lipinski definition) is 0. The first-order valence-corrected chi connectivity index (χ1v) is 10.2. The number of aromatic nitrogens is 1. The highest BCUT2D eigenvalue weighted by Crippen LogP contribution is 2.49. The Morgan fingerprint density at radius 2 is 2.11 bits per heavy atom. The molecule has 0 aliphatic carbocycles. The molecule has 1 unspecified atom stereocenters. The first-order valence-electron chi connectivity index (χ1n) is 8.94. The van der Waals surface area contributed by atoms with E-state index in [2.05, 4.69) is 11.6 Å². The van der Waals surface area contributed by atoms with Crippen LogP contribution in [0.3, 0.4) is 0 Å². The summed E-state index contributed by atoms with van der Waals surface area (Å²) < 4.78 is 17.3. The predicted molar refractivity (Wildman–Crippen MR) is 108 cm³/mol. The summed E-state index contributed by atoms with van der Waals surface area (Å²) in [7, 11) is 0. The summed E-state index contributed by atoms with van der Waals surface area (Å²) in [6.07, 6.45) is 3.13. The molecule has 7 heteroatoms. The Balaban J connectivity index is 1.67. The fourth-order valence-electron chi connectivity index (χ4n) is 3.72. The summed E-state index contributed by atoms with van der Waals surface area (Å²) in [5, 5.41) is 0.374. The molecule has 2 aliphatic heterocycles. The summed E-state index contributed by atoms with van der Waals surface area (Å²) >= 11 is -1.45. The number of β-lactam (4-membered cyclic amide) rings is 1. The van der Waals surface area contributed by atoms with Gasteiger partial charge >= 0.3 is 5.97 Å². The Kier molecular flexibility index (Phi) is 4.51. The minimum absolute atomic E-state index is 0.0501. The second-order valence-corrected chi connectivity index (χ2v) is 9.41. The third-order valence-electron chi connectivity index (χ3n) is 5.15. The van der Waals surface area contributed by atoms with Gasteiger partial charge in [-0.05, 0) is 43.2 Å². The van der Waals surface area contributed by atoms with Crippen molar-refractivity contribution in [3.8, 4) is 0 Å². The number of carbonyl (C=O) groups excluding carboxylic acids is 2. The summed E-state index contributed by atoms with van der Waals surface area (Å²) in [6, 6.07) is 10.6. The third-order valence-corrected chi connectivity index (χ3v) is 7.30. The van der Waals surface area contributed by atoms with Crippen molar-refractivity contribution in [2.45, 2.75) is 30.0 Å². The van der Waals surface area contributed by atoms with Crippen molar-refractivity contribution < 1.29 is 18.9 Å². The van der Waals surface area contributed by atoms with E-state index in [9.17, 15) is 14.1 Å². The molecule has 2 aliphatic rings. The van der Waals surface area contributed by atoms with Gasteiger partial charge in [0.25, 0.3) is 5.91 Å². The fourth-order valence-corrected chi connectivity index (χ4v) is 5.55. The number of amides is 1. The zero-order valence-electron chi connectivity index (χ0n) is 15.6. The molecule has 3 heterocycles. The van der Waals surface area contributed by atoms with Gasteiger partial charge in [0.2, 0.25) is 5.37 Å². The number of hydrogen-bond acceptors (Lipinski definition) is 5. The monoisotopic (exact) mass is 396 g/mol. The van der Waals surface area contributed by atoms with Crippen LogP contribution in [0.15, 0.2) is 54.6 Å². The van der Waals surface area contributed by atoms with Gasteiger partial charge in [0, 0.05) is 5.39 Å². The Bertz CT molecular complexity index is 1020. The van der Waals surface area contributed by atoms with Gasteiger partial charge in [-0.25, -0.2) is 9.78 Å². The van der Waals surface area contributed by atoms with Crippen molar-refractivity contribution in [1.82, 2.24) is 9.88 Å². The van der Waals surface area contributed by atoms with Crippen LogP contribution in [0.1, 0.15) is 19.5 Å². The van der Waals surface area contributed by atoms with E-state index in [0.717, 1.165) is 10.9 Å². The minimum Gasteiger partial charge on any atom is -0.614 e. The highest BCUT2D eigenvalue weighted by Gasteiger charge is 2.70. The van der Waals surface area contributed by atoms with Crippen molar-refractivity contribution in [3.05, 3.63) is 60.3 Å². The molecule has 1 amide bonds. The van der Waals surface area contributed by atoms with Crippen LogP contribution >= 0.6 is 0 Å². The van der Waals surface area contributed by atoms with E-state index in [1.165, 1.54) is 11.0 Å². The zero-order valence-corrected chi connectivity index (χ0v) is 16.4. The van der Waals surface area contributed by atoms with Gasteiger partial charge in [0.05, 0.1) is 16.8 Å². The minimum atomic E-state index is -1.45. The van der Waals surface area contributed by atoms with Gasteiger partial charge in [-0.15, -0.1) is 0 Å². The maximum atomic E-state index is 13.1. The second kappa shape index (κ2) is 6.76. The summed E-state index contributed by atoms with van der Waals surface area (Å²) in [4.78, 5) is 31.2. The smallest absolute Gasteiger partial charge is 0.334 e. The molecule has 144 valence electrons. The Morgan fingerprint density at radius 3 is 2.86 bits per heavy atom. The van der Waals surface area contributed by atoms with Crippen LogP contribution in [-0.2, 0) is 25.5 Å². The van der Waals surface area contributed by atoms with Crippen molar-refractivity contribution in [1.29, 1.82) is 0 Å². The van der Waals surface area contributed by atoms with E-state index in [1.807, 2.05) is 36.4 Å². The average Bonchev–Trinajstić information content (AvgIpc) is 2.88. The Labute approximate surface area is 166 Å². The van der Waals surface area contributed by atoms with E-state index < -0.39 is 33.3 Å². The molecule has 0 N–H and O–H groups in total.